The molecule has 0 amide bonds. The monoisotopic (exact) mass is 277 g/mol. The Labute approximate surface area is 118 Å². The minimum absolute atomic E-state index is 0.830. The second-order valence-electron chi connectivity index (χ2n) is 4.25. The molecule has 0 aromatic carbocycles. The number of anilines is 1. The molecule has 2 heterocycles. The Kier molecular flexibility index (Phi) is 4.47. The quantitative estimate of drug-likeness (QED) is 0.842. The second-order valence-corrected chi connectivity index (χ2v) is 5.28. The molecule has 0 atom stereocenters. The van der Waals surface area contributed by atoms with E-state index >= 15 is 0 Å². The molecule has 0 unspecified atom stereocenters. The van der Waals surface area contributed by atoms with Gasteiger partial charge in [-0.15, -0.1) is 0 Å². The lowest BCUT2D eigenvalue weighted by molar-refractivity contribution is 0.527. The van der Waals surface area contributed by atoms with Crippen molar-refractivity contribution in [3.8, 4) is 0 Å². The molecule has 1 N–H and O–H groups in total. The molecule has 0 radical (unpaired) electrons. The molecule has 2 rings (SSSR count). The lowest BCUT2D eigenvalue weighted by Gasteiger charge is -2.12. The van der Waals surface area contributed by atoms with E-state index in [4.69, 9.17) is 4.42 Å². The Morgan fingerprint density at radius 2 is 2.05 bits per heavy atom. The molecule has 0 spiro atoms. The number of hydrogen-bond donors (Lipinski definition) is 1. The highest BCUT2D eigenvalue weighted by Gasteiger charge is 2.13. The normalized spacial score (nSPS) is 10.7. The van der Waals surface area contributed by atoms with Crippen LogP contribution in [0.15, 0.2) is 26.7 Å². The van der Waals surface area contributed by atoms with Gasteiger partial charge in [-0.1, -0.05) is 18.7 Å². The van der Waals surface area contributed by atoms with Crippen molar-refractivity contribution in [2.45, 2.75) is 44.0 Å². The first-order valence-electron chi connectivity index (χ1n) is 6.49. The van der Waals surface area contributed by atoms with Crippen LogP contribution in [0.4, 0.5) is 5.82 Å². The second kappa shape index (κ2) is 6.10. The van der Waals surface area contributed by atoms with E-state index in [0.29, 0.717) is 0 Å². The minimum Gasteiger partial charge on any atom is -0.468 e. The zero-order chi connectivity index (χ0) is 13.8. The van der Waals surface area contributed by atoms with E-state index in [2.05, 4.69) is 36.1 Å². The van der Waals surface area contributed by atoms with E-state index < -0.39 is 0 Å². The molecule has 4 nitrogen and oxygen atoms in total. The van der Waals surface area contributed by atoms with Gasteiger partial charge in [-0.2, -0.15) is 0 Å². The van der Waals surface area contributed by atoms with Crippen LogP contribution in [0.25, 0.3) is 0 Å². The van der Waals surface area contributed by atoms with Gasteiger partial charge in [0.05, 0.1) is 11.2 Å². The number of aromatic nitrogens is 2. The molecule has 0 fully saturated rings. The molecule has 0 aliphatic carbocycles. The van der Waals surface area contributed by atoms with Crippen LogP contribution in [0, 0.1) is 13.8 Å². The summed E-state index contributed by atoms with van der Waals surface area (Å²) in [6.45, 7) is 9.01. The maximum Gasteiger partial charge on any atom is 0.133 e. The summed E-state index contributed by atoms with van der Waals surface area (Å²) in [5.41, 5.74) is 1.09. The van der Waals surface area contributed by atoms with Crippen molar-refractivity contribution in [3.05, 3.63) is 29.5 Å². The minimum atomic E-state index is 0.830. The highest BCUT2D eigenvalue weighted by molar-refractivity contribution is 7.99. The summed E-state index contributed by atoms with van der Waals surface area (Å²) in [4.78, 5) is 10.3. The van der Waals surface area contributed by atoms with Crippen molar-refractivity contribution < 1.29 is 4.42 Å². The summed E-state index contributed by atoms with van der Waals surface area (Å²) in [6, 6.07) is 1.97. The third kappa shape index (κ3) is 3.10. The van der Waals surface area contributed by atoms with Crippen LogP contribution in [0.3, 0.4) is 0 Å². The first-order valence-corrected chi connectivity index (χ1v) is 7.30. The Hall–Kier alpha value is -1.49. The lowest BCUT2D eigenvalue weighted by Crippen LogP contribution is -2.07. The molecule has 0 saturated heterocycles. The standard InChI is InChI=1S/C14H19N3OS/c1-5-12-16-13(15-6-2)9(3)14(17-12)19-11-7-8-18-10(11)4/h7-8H,5-6H2,1-4H3,(H,15,16,17). The Morgan fingerprint density at radius 3 is 2.63 bits per heavy atom. The number of rotatable bonds is 5. The van der Waals surface area contributed by atoms with Crippen LogP contribution in [0.2, 0.25) is 0 Å². The number of furan rings is 1. The van der Waals surface area contributed by atoms with Crippen molar-refractivity contribution in [3.63, 3.8) is 0 Å². The Balaban J connectivity index is 2.38. The van der Waals surface area contributed by atoms with Gasteiger partial charge in [-0.3, -0.25) is 0 Å². The molecule has 0 aliphatic heterocycles. The van der Waals surface area contributed by atoms with Crippen LogP contribution in [0.1, 0.15) is 31.0 Å². The van der Waals surface area contributed by atoms with Gasteiger partial charge in [0.2, 0.25) is 0 Å². The predicted octanol–water partition coefficient (Wildman–Crippen LogP) is 3.83. The van der Waals surface area contributed by atoms with Gasteiger partial charge in [0.25, 0.3) is 0 Å². The molecule has 0 saturated carbocycles. The predicted molar refractivity (Wildman–Crippen MR) is 77.9 cm³/mol. The van der Waals surface area contributed by atoms with Crippen molar-refractivity contribution >= 4 is 17.6 Å². The number of hydrogen-bond acceptors (Lipinski definition) is 5. The summed E-state index contributed by atoms with van der Waals surface area (Å²) < 4.78 is 5.33. The summed E-state index contributed by atoms with van der Waals surface area (Å²) >= 11 is 1.63. The molecule has 0 bridgehead atoms. The van der Waals surface area contributed by atoms with Crippen LogP contribution >= 0.6 is 11.8 Å². The summed E-state index contributed by atoms with van der Waals surface area (Å²) in [7, 11) is 0. The Morgan fingerprint density at radius 1 is 1.26 bits per heavy atom. The summed E-state index contributed by atoms with van der Waals surface area (Å²) in [6.07, 6.45) is 2.54. The third-order valence-corrected chi connectivity index (χ3v) is 4.06. The van der Waals surface area contributed by atoms with Gasteiger partial charge in [0, 0.05) is 18.5 Å². The van der Waals surface area contributed by atoms with Gasteiger partial charge in [-0.05, 0) is 26.8 Å². The van der Waals surface area contributed by atoms with E-state index in [1.807, 2.05) is 13.0 Å². The van der Waals surface area contributed by atoms with Gasteiger partial charge < -0.3 is 9.73 Å². The van der Waals surface area contributed by atoms with Crippen LogP contribution in [0.5, 0.6) is 0 Å². The highest BCUT2D eigenvalue weighted by Crippen LogP contribution is 2.33. The number of nitrogens with one attached hydrogen (secondary N) is 1. The smallest absolute Gasteiger partial charge is 0.133 e. The van der Waals surface area contributed by atoms with E-state index in [9.17, 15) is 0 Å². The fourth-order valence-electron chi connectivity index (χ4n) is 1.72. The van der Waals surface area contributed by atoms with Crippen molar-refractivity contribution in [2.75, 3.05) is 11.9 Å². The summed E-state index contributed by atoms with van der Waals surface area (Å²) in [5.74, 6) is 2.72. The number of nitrogens with zero attached hydrogens (tertiary/aromatic N) is 2. The molecular weight excluding hydrogens is 258 g/mol. The number of aryl methyl sites for hydroxylation is 2. The van der Waals surface area contributed by atoms with Gasteiger partial charge in [0.15, 0.2) is 0 Å². The molecular formula is C14H19N3OS. The maximum atomic E-state index is 5.33. The molecule has 0 aliphatic rings. The van der Waals surface area contributed by atoms with Gasteiger partial charge in [-0.25, -0.2) is 9.97 Å². The van der Waals surface area contributed by atoms with Crippen molar-refractivity contribution in [1.82, 2.24) is 9.97 Å². The van der Waals surface area contributed by atoms with Gasteiger partial charge in [0.1, 0.15) is 22.4 Å². The fourth-order valence-corrected chi connectivity index (χ4v) is 2.65. The maximum absolute atomic E-state index is 5.33. The van der Waals surface area contributed by atoms with Crippen molar-refractivity contribution in [1.29, 1.82) is 0 Å². The average molecular weight is 277 g/mol. The fraction of sp³-hybridized carbons (Fsp3) is 0.429. The Bertz CT molecular complexity index is 566. The molecule has 2 aromatic heterocycles. The topological polar surface area (TPSA) is 51.0 Å². The van der Waals surface area contributed by atoms with Crippen LogP contribution in [-0.2, 0) is 6.42 Å². The highest BCUT2D eigenvalue weighted by atomic mass is 32.2. The van der Waals surface area contributed by atoms with Gasteiger partial charge >= 0.3 is 0 Å². The molecule has 2 aromatic rings. The lowest BCUT2D eigenvalue weighted by atomic mass is 10.3. The third-order valence-electron chi connectivity index (χ3n) is 2.83. The first kappa shape index (κ1) is 13.9. The molecule has 19 heavy (non-hydrogen) atoms. The molecule has 5 heteroatoms. The van der Waals surface area contributed by atoms with E-state index in [-0.39, 0.29) is 0 Å². The SMILES string of the molecule is CCNc1nc(CC)nc(Sc2ccoc2C)c1C. The largest absolute Gasteiger partial charge is 0.468 e. The van der Waals surface area contributed by atoms with Crippen LogP contribution in [-0.4, -0.2) is 16.5 Å². The van der Waals surface area contributed by atoms with E-state index in [1.165, 1.54) is 0 Å². The van der Waals surface area contributed by atoms with E-state index in [1.54, 1.807) is 18.0 Å². The average Bonchev–Trinajstić information content (AvgIpc) is 2.80. The zero-order valence-corrected chi connectivity index (χ0v) is 12.6. The summed E-state index contributed by atoms with van der Waals surface area (Å²) in [5, 5.41) is 4.29. The zero-order valence-electron chi connectivity index (χ0n) is 11.8. The first-order chi connectivity index (χ1) is 9.15. The van der Waals surface area contributed by atoms with Crippen molar-refractivity contribution in [2.24, 2.45) is 0 Å². The molecule has 102 valence electrons. The van der Waals surface area contributed by atoms with E-state index in [0.717, 1.165) is 45.9 Å². The van der Waals surface area contributed by atoms with Crippen LogP contribution < -0.4 is 5.32 Å².